The topological polar surface area (TPSA) is 136 Å². The van der Waals surface area contributed by atoms with E-state index in [0.29, 0.717) is 5.56 Å². The standard InChI is InChI=1S/C17H11N3O6S2/c21-12-4-2-11(20(25)26)7-10(12)8-18-19-16(24)15(28-17(19)27)6-9-1-3-13(22)14(23)5-9/h1-8,21-23H/b15-6+,18-8+. The van der Waals surface area contributed by atoms with Gasteiger partial charge < -0.3 is 15.3 Å². The summed E-state index contributed by atoms with van der Waals surface area (Å²) in [5, 5.41) is 44.4. The average Bonchev–Trinajstić information content (AvgIpc) is 2.90. The Hall–Kier alpha value is -3.44. The summed E-state index contributed by atoms with van der Waals surface area (Å²) in [6.45, 7) is 0. The van der Waals surface area contributed by atoms with E-state index in [9.17, 15) is 30.2 Å². The van der Waals surface area contributed by atoms with Gasteiger partial charge in [-0.05, 0) is 42.1 Å². The number of nitrogens with zero attached hydrogens (tertiary/aromatic N) is 3. The normalized spacial score (nSPS) is 15.7. The van der Waals surface area contributed by atoms with Crippen LogP contribution in [0.3, 0.4) is 0 Å². The van der Waals surface area contributed by atoms with Crippen LogP contribution < -0.4 is 0 Å². The fourth-order valence-corrected chi connectivity index (χ4v) is 3.39. The molecular weight excluding hydrogens is 406 g/mol. The molecule has 2 aromatic carbocycles. The summed E-state index contributed by atoms with van der Waals surface area (Å²) >= 11 is 6.10. The summed E-state index contributed by atoms with van der Waals surface area (Å²) in [7, 11) is 0. The van der Waals surface area contributed by atoms with Crippen molar-refractivity contribution in [3.63, 3.8) is 0 Å². The Bertz CT molecular complexity index is 1070. The Morgan fingerprint density at radius 1 is 1.11 bits per heavy atom. The summed E-state index contributed by atoms with van der Waals surface area (Å²) in [5.74, 6) is -1.40. The predicted octanol–water partition coefficient (Wildman–Crippen LogP) is 2.95. The quantitative estimate of drug-likeness (QED) is 0.172. The van der Waals surface area contributed by atoms with E-state index in [2.05, 4.69) is 5.10 Å². The number of phenolic OH excluding ortho intramolecular Hbond substituents is 3. The first-order valence-corrected chi connectivity index (χ1v) is 8.80. The number of non-ortho nitro benzene ring substituents is 1. The number of thiocarbonyl (C=S) groups is 1. The number of aromatic hydroxyl groups is 3. The second-order valence-corrected chi connectivity index (χ2v) is 7.16. The molecule has 0 aliphatic carbocycles. The highest BCUT2D eigenvalue weighted by molar-refractivity contribution is 8.26. The van der Waals surface area contributed by atoms with E-state index in [4.69, 9.17) is 12.2 Å². The maximum atomic E-state index is 12.5. The Kier molecular flexibility index (Phi) is 5.29. The molecule has 2 aromatic rings. The van der Waals surface area contributed by atoms with Gasteiger partial charge in [-0.25, -0.2) is 0 Å². The van der Waals surface area contributed by atoms with Crippen molar-refractivity contribution in [3.8, 4) is 17.2 Å². The molecule has 1 aliphatic heterocycles. The van der Waals surface area contributed by atoms with Crippen LogP contribution >= 0.6 is 24.0 Å². The third kappa shape index (κ3) is 3.94. The zero-order valence-electron chi connectivity index (χ0n) is 13.8. The van der Waals surface area contributed by atoms with Gasteiger partial charge in [0.2, 0.25) is 0 Å². The van der Waals surface area contributed by atoms with Crippen molar-refractivity contribution in [2.75, 3.05) is 0 Å². The van der Waals surface area contributed by atoms with Gasteiger partial charge in [0.1, 0.15) is 5.75 Å². The monoisotopic (exact) mass is 417 g/mol. The van der Waals surface area contributed by atoms with Crippen molar-refractivity contribution in [2.45, 2.75) is 0 Å². The van der Waals surface area contributed by atoms with E-state index in [0.717, 1.165) is 41.2 Å². The van der Waals surface area contributed by atoms with Gasteiger partial charge in [-0.1, -0.05) is 17.8 Å². The fraction of sp³-hybridized carbons (Fsp3) is 0. The third-order valence-electron chi connectivity index (χ3n) is 3.60. The molecule has 0 unspecified atom stereocenters. The molecule has 0 spiro atoms. The lowest BCUT2D eigenvalue weighted by Crippen LogP contribution is -2.22. The molecule has 0 bridgehead atoms. The number of hydrazone groups is 1. The number of nitro groups is 1. The van der Waals surface area contributed by atoms with E-state index in [-0.39, 0.29) is 37.7 Å². The van der Waals surface area contributed by atoms with Crippen LogP contribution in [0.25, 0.3) is 6.08 Å². The van der Waals surface area contributed by atoms with Crippen molar-refractivity contribution in [1.82, 2.24) is 5.01 Å². The van der Waals surface area contributed by atoms with Gasteiger partial charge in [-0.3, -0.25) is 14.9 Å². The highest BCUT2D eigenvalue weighted by atomic mass is 32.2. The van der Waals surface area contributed by atoms with Gasteiger partial charge in [0, 0.05) is 17.7 Å². The van der Waals surface area contributed by atoms with Crippen LogP contribution in [0.4, 0.5) is 5.69 Å². The van der Waals surface area contributed by atoms with E-state index >= 15 is 0 Å². The molecule has 1 saturated heterocycles. The minimum absolute atomic E-state index is 0.0516. The first-order valence-electron chi connectivity index (χ1n) is 7.57. The van der Waals surface area contributed by atoms with Crippen molar-refractivity contribution in [2.24, 2.45) is 5.10 Å². The summed E-state index contributed by atoms with van der Waals surface area (Å²) in [4.78, 5) is 23.0. The minimum Gasteiger partial charge on any atom is -0.507 e. The van der Waals surface area contributed by atoms with Crippen molar-refractivity contribution in [1.29, 1.82) is 0 Å². The molecule has 28 heavy (non-hydrogen) atoms. The van der Waals surface area contributed by atoms with Gasteiger partial charge in [0.15, 0.2) is 15.8 Å². The van der Waals surface area contributed by atoms with Crippen LogP contribution in [0.2, 0.25) is 0 Å². The lowest BCUT2D eigenvalue weighted by Gasteiger charge is -2.06. The zero-order chi connectivity index (χ0) is 20.4. The number of hydrogen-bond donors (Lipinski definition) is 3. The second kappa shape index (κ2) is 7.66. The van der Waals surface area contributed by atoms with Crippen LogP contribution in [-0.2, 0) is 4.79 Å². The first kappa shape index (κ1) is 19.3. The van der Waals surface area contributed by atoms with E-state index in [1.807, 2.05) is 0 Å². The average molecular weight is 417 g/mol. The first-order chi connectivity index (χ1) is 13.3. The van der Waals surface area contributed by atoms with E-state index in [1.165, 1.54) is 24.3 Å². The van der Waals surface area contributed by atoms with Crippen LogP contribution in [0.5, 0.6) is 17.2 Å². The molecule has 3 N–H and O–H groups in total. The molecular formula is C17H11N3O6S2. The van der Waals surface area contributed by atoms with Gasteiger partial charge >= 0.3 is 0 Å². The molecule has 1 fully saturated rings. The number of amides is 1. The summed E-state index contributed by atoms with van der Waals surface area (Å²) in [6.07, 6.45) is 2.57. The van der Waals surface area contributed by atoms with Gasteiger partial charge in [-0.15, -0.1) is 0 Å². The predicted molar refractivity (Wildman–Crippen MR) is 107 cm³/mol. The van der Waals surface area contributed by atoms with Crippen molar-refractivity contribution < 1.29 is 25.0 Å². The van der Waals surface area contributed by atoms with Gasteiger partial charge in [0.05, 0.1) is 16.0 Å². The zero-order valence-corrected chi connectivity index (χ0v) is 15.5. The van der Waals surface area contributed by atoms with E-state index < -0.39 is 10.8 Å². The van der Waals surface area contributed by atoms with Crippen LogP contribution in [0.1, 0.15) is 11.1 Å². The molecule has 9 nitrogen and oxygen atoms in total. The number of benzene rings is 2. The summed E-state index contributed by atoms with van der Waals surface area (Å²) in [6, 6.07) is 7.48. The Morgan fingerprint density at radius 3 is 2.50 bits per heavy atom. The Balaban J connectivity index is 1.85. The maximum absolute atomic E-state index is 12.5. The number of hydrogen-bond acceptors (Lipinski definition) is 9. The van der Waals surface area contributed by atoms with Gasteiger partial charge in [0.25, 0.3) is 11.6 Å². The van der Waals surface area contributed by atoms with Crippen LogP contribution in [0, 0.1) is 10.1 Å². The smallest absolute Gasteiger partial charge is 0.286 e. The van der Waals surface area contributed by atoms with Crippen LogP contribution in [0.15, 0.2) is 46.4 Å². The number of rotatable bonds is 4. The Morgan fingerprint density at radius 2 is 1.82 bits per heavy atom. The molecule has 1 aliphatic rings. The molecule has 0 radical (unpaired) electrons. The molecule has 1 amide bonds. The highest BCUT2D eigenvalue weighted by Crippen LogP contribution is 2.34. The lowest BCUT2D eigenvalue weighted by atomic mass is 10.2. The fourth-order valence-electron chi connectivity index (χ4n) is 2.22. The molecule has 11 heteroatoms. The second-order valence-electron chi connectivity index (χ2n) is 5.49. The van der Waals surface area contributed by atoms with Crippen LogP contribution in [-0.4, -0.2) is 41.7 Å². The molecule has 142 valence electrons. The number of phenols is 3. The molecule has 0 saturated carbocycles. The number of nitro benzene ring substituents is 1. The highest BCUT2D eigenvalue weighted by Gasteiger charge is 2.32. The molecule has 1 heterocycles. The van der Waals surface area contributed by atoms with E-state index in [1.54, 1.807) is 0 Å². The number of carbonyl (C=O) groups excluding carboxylic acids is 1. The summed E-state index contributed by atoms with van der Waals surface area (Å²) < 4.78 is 0.125. The maximum Gasteiger partial charge on any atom is 0.286 e. The number of carbonyl (C=O) groups is 1. The van der Waals surface area contributed by atoms with Gasteiger partial charge in [-0.2, -0.15) is 10.1 Å². The SMILES string of the molecule is O=C1/C(=C\c2ccc(O)c(O)c2)SC(=S)N1/N=C/c1cc([N+](=O)[O-])ccc1O. The Labute approximate surface area is 167 Å². The minimum atomic E-state index is -0.619. The van der Waals surface area contributed by atoms with Crippen molar-refractivity contribution in [3.05, 3.63) is 62.5 Å². The molecule has 3 rings (SSSR count). The molecule has 0 aromatic heterocycles. The largest absolute Gasteiger partial charge is 0.507 e. The lowest BCUT2D eigenvalue weighted by molar-refractivity contribution is -0.384. The third-order valence-corrected chi connectivity index (χ3v) is 4.89. The molecule has 0 atom stereocenters. The number of thioether (sulfide) groups is 1. The summed E-state index contributed by atoms with van der Waals surface area (Å²) in [5.41, 5.74) is 0.281. The van der Waals surface area contributed by atoms with Crippen molar-refractivity contribution >= 4 is 52.2 Å².